The van der Waals surface area contributed by atoms with E-state index in [2.05, 4.69) is 20.9 Å². The van der Waals surface area contributed by atoms with Crippen molar-refractivity contribution >= 4 is 32.7 Å². The zero-order chi connectivity index (χ0) is 17.9. The number of carbonyl (C=O) groups is 1. The molecule has 0 fully saturated rings. The summed E-state index contributed by atoms with van der Waals surface area (Å²) in [4.78, 5) is 30.7. The maximum atomic E-state index is 12.5. The number of benzene rings is 1. The summed E-state index contributed by atoms with van der Waals surface area (Å²) in [6, 6.07) is 5.38. The van der Waals surface area contributed by atoms with E-state index in [1.807, 2.05) is 19.9 Å². The van der Waals surface area contributed by atoms with Crippen molar-refractivity contribution in [2.75, 3.05) is 20.1 Å². The molecule has 0 atom stereocenters. The van der Waals surface area contributed by atoms with Gasteiger partial charge in [-0.3, -0.25) is 14.2 Å². The normalized spacial score (nSPS) is 11.7. The standard InChI is InChI=1S/C17H23BrN4O2/c1-17(2,9-19)10-21(3)15(23)6-7-22-11-20-14-5-4-12(18)8-13(14)16(22)24/h4-5,8,11H,6-7,9-10,19H2,1-3H3. The summed E-state index contributed by atoms with van der Waals surface area (Å²) in [5.41, 5.74) is 6.09. The number of aromatic nitrogens is 2. The Kier molecular flexibility index (Phi) is 5.77. The molecule has 0 spiro atoms. The highest BCUT2D eigenvalue weighted by Gasteiger charge is 2.21. The Morgan fingerprint density at radius 2 is 2.12 bits per heavy atom. The fraction of sp³-hybridized carbons (Fsp3) is 0.471. The van der Waals surface area contributed by atoms with Crippen molar-refractivity contribution in [2.45, 2.75) is 26.8 Å². The van der Waals surface area contributed by atoms with Crippen LogP contribution in [0.15, 0.2) is 33.8 Å². The minimum Gasteiger partial charge on any atom is -0.345 e. The summed E-state index contributed by atoms with van der Waals surface area (Å²) in [7, 11) is 1.76. The average Bonchev–Trinajstić information content (AvgIpc) is 2.54. The van der Waals surface area contributed by atoms with E-state index in [-0.39, 0.29) is 23.3 Å². The van der Waals surface area contributed by atoms with Gasteiger partial charge in [-0.25, -0.2) is 4.98 Å². The third-order valence-electron chi connectivity index (χ3n) is 4.00. The first kappa shape index (κ1) is 18.6. The monoisotopic (exact) mass is 394 g/mol. The Morgan fingerprint density at radius 1 is 1.42 bits per heavy atom. The van der Waals surface area contributed by atoms with Crippen LogP contribution in [-0.4, -0.2) is 40.5 Å². The van der Waals surface area contributed by atoms with Crippen LogP contribution < -0.4 is 11.3 Å². The number of amides is 1. The van der Waals surface area contributed by atoms with Gasteiger partial charge in [0, 0.05) is 31.0 Å². The molecule has 0 aliphatic heterocycles. The van der Waals surface area contributed by atoms with Gasteiger partial charge in [0.1, 0.15) is 0 Å². The lowest BCUT2D eigenvalue weighted by Crippen LogP contribution is -2.40. The molecule has 0 saturated carbocycles. The smallest absolute Gasteiger partial charge is 0.261 e. The second kappa shape index (κ2) is 7.44. The first-order valence-electron chi connectivity index (χ1n) is 7.82. The lowest BCUT2D eigenvalue weighted by Gasteiger charge is -2.29. The fourth-order valence-electron chi connectivity index (χ4n) is 2.49. The summed E-state index contributed by atoms with van der Waals surface area (Å²) in [6.07, 6.45) is 1.74. The van der Waals surface area contributed by atoms with Gasteiger partial charge in [-0.1, -0.05) is 29.8 Å². The fourth-order valence-corrected chi connectivity index (χ4v) is 2.85. The number of nitrogens with two attached hydrogens (primary N) is 1. The van der Waals surface area contributed by atoms with E-state index in [0.29, 0.717) is 30.5 Å². The van der Waals surface area contributed by atoms with Crippen LogP contribution in [0.1, 0.15) is 20.3 Å². The summed E-state index contributed by atoms with van der Waals surface area (Å²) in [5.74, 6) is -0.0160. The van der Waals surface area contributed by atoms with Crippen LogP contribution >= 0.6 is 15.9 Å². The third-order valence-corrected chi connectivity index (χ3v) is 4.49. The number of hydrogen-bond acceptors (Lipinski definition) is 4. The molecule has 2 rings (SSSR count). The van der Waals surface area contributed by atoms with Crippen molar-refractivity contribution in [1.29, 1.82) is 0 Å². The number of hydrogen-bond donors (Lipinski definition) is 1. The molecule has 0 radical (unpaired) electrons. The molecule has 24 heavy (non-hydrogen) atoms. The molecule has 0 unspecified atom stereocenters. The topological polar surface area (TPSA) is 81.2 Å². The SMILES string of the molecule is CN(CC(C)(C)CN)C(=O)CCn1cnc2ccc(Br)cc2c1=O. The lowest BCUT2D eigenvalue weighted by atomic mass is 9.93. The first-order chi connectivity index (χ1) is 11.2. The molecule has 6 nitrogen and oxygen atoms in total. The van der Waals surface area contributed by atoms with Crippen LogP contribution in [0.4, 0.5) is 0 Å². The van der Waals surface area contributed by atoms with Gasteiger partial charge in [-0.2, -0.15) is 0 Å². The molecule has 1 amide bonds. The van der Waals surface area contributed by atoms with Gasteiger partial charge in [0.25, 0.3) is 5.56 Å². The summed E-state index contributed by atoms with van der Waals surface area (Å²) >= 11 is 3.36. The van der Waals surface area contributed by atoms with Gasteiger partial charge < -0.3 is 10.6 Å². The van der Waals surface area contributed by atoms with Crippen molar-refractivity contribution < 1.29 is 4.79 Å². The predicted octanol–water partition coefficient (Wildman–Crippen LogP) is 1.99. The summed E-state index contributed by atoms with van der Waals surface area (Å²) < 4.78 is 2.31. The molecule has 2 aromatic rings. The van der Waals surface area contributed by atoms with E-state index in [1.54, 1.807) is 24.1 Å². The Balaban J connectivity index is 2.09. The zero-order valence-electron chi connectivity index (χ0n) is 14.3. The Labute approximate surface area is 149 Å². The largest absolute Gasteiger partial charge is 0.345 e. The quantitative estimate of drug-likeness (QED) is 0.811. The van der Waals surface area contributed by atoms with Crippen LogP contribution in [0, 0.1) is 5.41 Å². The van der Waals surface area contributed by atoms with Crippen LogP contribution in [0.25, 0.3) is 10.9 Å². The molecule has 130 valence electrons. The van der Waals surface area contributed by atoms with Gasteiger partial charge in [-0.15, -0.1) is 0 Å². The molecule has 0 aliphatic rings. The summed E-state index contributed by atoms with van der Waals surface area (Å²) in [5, 5.41) is 0.539. The molecule has 0 bridgehead atoms. The molecule has 0 aliphatic carbocycles. The Hall–Kier alpha value is -1.73. The van der Waals surface area contributed by atoms with Crippen molar-refractivity contribution in [2.24, 2.45) is 11.1 Å². The van der Waals surface area contributed by atoms with Crippen molar-refractivity contribution in [3.8, 4) is 0 Å². The highest BCUT2D eigenvalue weighted by molar-refractivity contribution is 9.10. The number of carbonyl (C=O) groups excluding carboxylic acids is 1. The zero-order valence-corrected chi connectivity index (χ0v) is 15.8. The molecule has 1 aromatic carbocycles. The molecule has 1 heterocycles. The predicted molar refractivity (Wildman–Crippen MR) is 98.8 cm³/mol. The molecule has 0 saturated heterocycles. The van der Waals surface area contributed by atoms with Gasteiger partial charge in [-0.05, 0) is 30.2 Å². The van der Waals surface area contributed by atoms with Gasteiger partial charge >= 0.3 is 0 Å². The number of rotatable bonds is 6. The molecule has 2 N–H and O–H groups in total. The number of fused-ring (bicyclic) bond motifs is 1. The van der Waals surface area contributed by atoms with E-state index in [0.717, 1.165) is 4.47 Å². The maximum Gasteiger partial charge on any atom is 0.261 e. The van der Waals surface area contributed by atoms with Gasteiger partial charge in [0.15, 0.2) is 0 Å². The van der Waals surface area contributed by atoms with Crippen molar-refractivity contribution in [3.05, 3.63) is 39.4 Å². The second-order valence-corrected chi connectivity index (χ2v) is 7.69. The second-order valence-electron chi connectivity index (χ2n) is 6.77. The van der Waals surface area contributed by atoms with Crippen molar-refractivity contribution in [1.82, 2.24) is 14.5 Å². The van der Waals surface area contributed by atoms with Gasteiger partial charge in [0.2, 0.25) is 5.91 Å². The molecular weight excluding hydrogens is 372 g/mol. The van der Waals surface area contributed by atoms with E-state index >= 15 is 0 Å². The molecule has 7 heteroatoms. The highest BCUT2D eigenvalue weighted by atomic mass is 79.9. The van der Waals surface area contributed by atoms with Crippen LogP contribution in [0.5, 0.6) is 0 Å². The number of nitrogens with zero attached hydrogens (tertiary/aromatic N) is 3. The van der Waals surface area contributed by atoms with Gasteiger partial charge in [0.05, 0.1) is 17.2 Å². The van der Waals surface area contributed by atoms with E-state index in [1.165, 1.54) is 10.9 Å². The van der Waals surface area contributed by atoms with E-state index in [9.17, 15) is 9.59 Å². The van der Waals surface area contributed by atoms with E-state index < -0.39 is 0 Å². The van der Waals surface area contributed by atoms with Crippen LogP contribution in [-0.2, 0) is 11.3 Å². The number of aryl methyl sites for hydroxylation is 1. The minimum atomic E-state index is -0.140. The van der Waals surface area contributed by atoms with Crippen molar-refractivity contribution in [3.63, 3.8) is 0 Å². The first-order valence-corrected chi connectivity index (χ1v) is 8.61. The van der Waals surface area contributed by atoms with Crippen LogP contribution in [0.2, 0.25) is 0 Å². The molecular formula is C17H23BrN4O2. The average molecular weight is 395 g/mol. The molecule has 1 aromatic heterocycles. The number of halogens is 1. The lowest BCUT2D eigenvalue weighted by molar-refractivity contribution is -0.131. The maximum absolute atomic E-state index is 12.5. The minimum absolute atomic E-state index is 0.0160. The third kappa shape index (κ3) is 4.42. The van der Waals surface area contributed by atoms with Crippen LogP contribution in [0.3, 0.4) is 0 Å². The summed E-state index contributed by atoms with van der Waals surface area (Å²) in [6.45, 7) is 5.44. The Bertz CT molecular complexity index is 801. The van der Waals surface area contributed by atoms with E-state index in [4.69, 9.17) is 5.73 Å². The highest BCUT2D eigenvalue weighted by Crippen LogP contribution is 2.16. The Morgan fingerprint density at radius 3 is 2.79 bits per heavy atom.